The molecular formula is C24H24N2O2. The molecule has 1 aliphatic rings. The molecule has 0 atom stereocenters. The average molecular weight is 372 g/mol. The van der Waals surface area contributed by atoms with Crippen LogP contribution in [0.4, 0.5) is 0 Å². The molecule has 0 radical (unpaired) electrons. The topological polar surface area (TPSA) is 44.2 Å². The van der Waals surface area contributed by atoms with Gasteiger partial charge in [-0.1, -0.05) is 36.4 Å². The average Bonchev–Trinajstić information content (AvgIpc) is 3.26. The Morgan fingerprint density at radius 2 is 1.75 bits per heavy atom. The van der Waals surface area contributed by atoms with Gasteiger partial charge in [-0.05, 0) is 72.7 Å². The molecule has 3 aromatic rings. The van der Waals surface area contributed by atoms with Crippen LogP contribution in [0.2, 0.25) is 0 Å². The number of hydrogen-bond donors (Lipinski definition) is 0. The number of methoxy groups -OCH3 is 1. The Hall–Kier alpha value is -3.14. The first-order valence-electron chi connectivity index (χ1n) is 9.73. The minimum atomic E-state index is 0.272. The van der Waals surface area contributed by atoms with E-state index in [-0.39, 0.29) is 6.10 Å². The summed E-state index contributed by atoms with van der Waals surface area (Å²) in [6, 6.07) is 20.3. The third-order valence-electron chi connectivity index (χ3n) is 5.04. The Balaban J connectivity index is 1.76. The van der Waals surface area contributed by atoms with E-state index < -0.39 is 0 Å². The van der Waals surface area contributed by atoms with Crippen LogP contribution in [-0.2, 0) is 0 Å². The summed E-state index contributed by atoms with van der Waals surface area (Å²) in [5.41, 5.74) is 4.06. The summed E-state index contributed by atoms with van der Waals surface area (Å²) in [6.45, 7) is 0. The quantitative estimate of drug-likeness (QED) is 0.581. The minimum absolute atomic E-state index is 0.272. The third-order valence-corrected chi connectivity index (χ3v) is 5.04. The van der Waals surface area contributed by atoms with Crippen LogP contribution in [0.5, 0.6) is 11.5 Å². The molecule has 4 rings (SSSR count). The van der Waals surface area contributed by atoms with Crippen molar-refractivity contribution in [2.24, 2.45) is 0 Å². The fourth-order valence-electron chi connectivity index (χ4n) is 3.61. The fourth-order valence-corrected chi connectivity index (χ4v) is 3.61. The van der Waals surface area contributed by atoms with E-state index in [0.29, 0.717) is 0 Å². The van der Waals surface area contributed by atoms with Gasteiger partial charge in [0.1, 0.15) is 0 Å². The second-order valence-corrected chi connectivity index (χ2v) is 6.96. The highest BCUT2D eigenvalue weighted by Gasteiger charge is 2.19. The lowest BCUT2D eigenvalue weighted by molar-refractivity contribution is 0.201. The highest BCUT2D eigenvalue weighted by atomic mass is 16.5. The monoisotopic (exact) mass is 372 g/mol. The summed E-state index contributed by atoms with van der Waals surface area (Å²) in [5, 5.41) is 8.23. The lowest BCUT2D eigenvalue weighted by atomic mass is 9.96. The highest BCUT2D eigenvalue weighted by molar-refractivity contribution is 5.91. The van der Waals surface area contributed by atoms with Gasteiger partial charge in [0, 0.05) is 6.20 Å². The van der Waals surface area contributed by atoms with Gasteiger partial charge in [0.2, 0.25) is 0 Å². The predicted octanol–water partition coefficient (Wildman–Crippen LogP) is 5.40. The highest BCUT2D eigenvalue weighted by Crippen LogP contribution is 2.36. The van der Waals surface area contributed by atoms with Crippen LogP contribution >= 0.6 is 0 Å². The smallest absolute Gasteiger partial charge is 0.162 e. The summed E-state index contributed by atoms with van der Waals surface area (Å²) in [4.78, 5) is 0. The summed E-state index contributed by atoms with van der Waals surface area (Å²) < 4.78 is 11.8. The first-order valence-corrected chi connectivity index (χ1v) is 9.73. The van der Waals surface area contributed by atoms with Crippen molar-refractivity contribution in [3.05, 3.63) is 83.7 Å². The molecule has 4 nitrogen and oxygen atoms in total. The second-order valence-electron chi connectivity index (χ2n) is 6.96. The van der Waals surface area contributed by atoms with E-state index in [1.54, 1.807) is 13.3 Å². The number of ether oxygens (including phenoxy) is 2. The molecule has 0 unspecified atom stereocenters. The zero-order valence-electron chi connectivity index (χ0n) is 16.0. The van der Waals surface area contributed by atoms with Crippen molar-refractivity contribution in [2.45, 2.75) is 31.8 Å². The Labute approximate surface area is 165 Å². The fraction of sp³-hybridized carbons (Fsp3) is 0.250. The third kappa shape index (κ3) is 4.22. The van der Waals surface area contributed by atoms with Gasteiger partial charge in [0.15, 0.2) is 11.5 Å². The predicted molar refractivity (Wildman–Crippen MR) is 111 cm³/mol. The normalized spacial score (nSPS) is 14.8. The Bertz CT molecular complexity index is 933. The number of rotatable bonds is 6. The van der Waals surface area contributed by atoms with E-state index >= 15 is 0 Å². The van der Waals surface area contributed by atoms with E-state index in [1.165, 1.54) is 12.8 Å². The standard InChI is InChI=1S/C24H24N2O2/c1-27-23-14-13-19(16-24(23)28-21-11-5-6-12-21)22(18-8-3-2-4-9-18)17-20-10-7-15-25-26-20/h2-4,7-10,13-17,21H,5-6,11-12H2,1H3/b22-17+. The molecule has 0 aliphatic heterocycles. The molecule has 1 aliphatic carbocycles. The first-order chi connectivity index (χ1) is 13.8. The van der Waals surface area contributed by atoms with Crippen LogP contribution in [0.25, 0.3) is 11.6 Å². The van der Waals surface area contributed by atoms with Gasteiger partial charge in [-0.2, -0.15) is 10.2 Å². The van der Waals surface area contributed by atoms with Gasteiger partial charge < -0.3 is 9.47 Å². The molecule has 142 valence electrons. The number of benzene rings is 2. The van der Waals surface area contributed by atoms with E-state index in [0.717, 1.165) is 46.7 Å². The lowest BCUT2D eigenvalue weighted by Gasteiger charge is -2.18. The Morgan fingerprint density at radius 3 is 2.46 bits per heavy atom. The minimum Gasteiger partial charge on any atom is -0.493 e. The molecule has 0 spiro atoms. The van der Waals surface area contributed by atoms with Gasteiger partial charge in [0.05, 0.1) is 18.9 Å². The number of aromatic nitrogens is 2. The molecule has 0 amide bonds. The molecule has 1 heterocycles. The van der Waals surface area contributed by atoms with Crippen molar-refractivity contribution in [3.8, 4) is 11.5 Å². The molecule has 1 aromatic heterocycles. The van der Waals surface area contributed by atoms with Crippen molar-refractivity contribution in [1.82, 2.24) is 10.2 Å². The number of nitrogens with zero attached hydrogens (tertiary/aromatic N) is 2. The largest absolute Gasteiger partial charge is 0.493 e. The van der Waals surface area contributed by atoms with Crippen molar-refractivity contribution in [3.63, 3.8) is 0 Å². The molecule has 0 saturated heterocycles. The van der Waals surface area contributed by atoms with Crippen LogP contribution < -0.4 is 9.47 Å². The van der Waals surface area contributed by atoms with Crippen LogP contribution in [0.15, 0.2) is 66.9 Å². The van der Waals surface area contributed by atoms with Gasteiger partial charge in [-0.25, -0.2) is 0 Å². The maximum atomic E-state index is 6.29. The molecule has 1 fully saturated rings. The summed E-state index contributed by atoms with van der Waals surface area (Å²) in [5.74, 6) is 1.57. The maximum Gasteiger partial charge on any atom is 0.162 e. The van der Waals surface area contributed by atoms with Gasteiger partial charge in [-0.3, -0.25) is 0 Å². The van der Waals surface area contributed by atoms with Crippen molar-refractivity contribution in [1.29, 1.82) is 0 Å². The summed E-state index contributed by atoms with van der Waals surface area (Å²) in [6.07, 6.45) is 8.68. The van der Waals surface area contributed by atoms with Gasteiger partial charge in [-0.15, -0.1) is 0 Å². The van der Waals surface area contributed by atoms with Crippen LogP contribution in [0.1, 0.15) is 42.5 Å². The summed E-state index contributed by atoms with van der Waals surface area (Å²) >= 11 is 0. The zero-order chi connectivity index (χ0) is 19.2. The maximum absolute atomic E-state index is 6.29. The van der Waals surface area contributed by atoms with Gasteiger partial charge >= 0.3 is 0 Å². The van der Waals surface area contributed by atoms with Crippen LogP contribution in [0.3, 0.4) is 0 Å². The summed E-state index contributed by atoms with van der Waals surface area (Å²) in [7, 11) is 1.68. The van der Waals surface area contributed by atoms with Crippen molar-refractivity contribution < 1.29 is 9.47 Å². The lowest BCUT2D eigenvalue weighted by Crippen LogP contribution is -2.11. The van der Waals surface area contributed by atoms with E-state index in [2.05, 4.69) is 40.5 Å². The Morgan fingerprint density at radius 1 is 0.929 bits per heavy atom. The van der Waals surface area contributed by atoms with Crippen molar-refractivity contribution >= 4 is 11.6 Å². The van der Waals surface area contributed by atoms with E-state index in [1.807, 2.05) is 36.4 Å². The first kappa shape index (κ1) is 18.2. The van der Waals surface area contributed by atoms with Crippen LogP contribution in [-0.4, -0.2) is 23.4 Å². The van der Waals surface area contributed by atoms with E-state index in [9.17, 15) is 0 Å². The van der Waals surface area contributed by atoms with Gasteiger partial charge in [0.25, 0.3) is 0 Å². The molecular weight excluding hydrogens is 348 g/mol. The van der Waals surface area contributed by atoms with E-state index in [4.69, 9.17) is 9.47 Å². The second kappa shape index (κ2) is 8.70. The molecule has 1 saturated carbocycles. The molecule has 28 heavy (non-hydrogen) atoms. The number of hydrogen-bond acceptors (Lipinski definition) is 4. The molecule has 0 N–H and O–H groups in total. The molecule has 4 heteroatoms. The SMILES string of the molecule is COc1ccc(/C(=C/c2cccnn2)c2ccccc2)cc1OC1CCCC1. The van der Waals surface area contributed by atoms with Crippen molar-refractivity contribution in [2.75, 3.05) is 7.11 Å². The van der Waals surface area contributed by atoms with Crippen LogP contribution in [0, 0.1) is 0 Å². The zero-order valence-corrected chi connectivity index (χ0v) is 16.0. The Kier molecular flexibility index (Phi) is 5.66. The molecule has 0 bridgehead atoms. The molecule has 2 aromatic carbocycles.